The van der Waals surface area contributed by atoms with E-state index in [1.54, 1.807) is 6.07 Å². The van der Waals surface area contributed by atoms with Crippen molar-refractivity contribution < 1.29 is 14.3 Å². The number of allylic oxidation sites excluding steroid dienone is 1. The van der Waals surface area contributed by atoms with Gasteiger partial charge in [-0.2, -0.15) is 0 Å². The molecule has 0 N–H and O–H groups in total. The molecule has 0 aromatic heterocycles. The predicted molar refractivity (Wildman–Crippen MR) is 119 cm³/mol. The Morgan fingerprint density at radius 1 is 1.10 bits per heavy atom. The van der Waals surface area contributed by atoms with E-state index >= 15 is 0 Å². The van der Waals surface area contributed by atoms with E-state index in [1.807, 2.05) is 41.3 Å². The van der Waals surface area contributed by atoms with Crippen molar-refractivity contribution in [2.24, 2.45) is 5.41 Å². The van der Waals surface area contributed by atoms with Crippen LogP contribution >= 0.6 is 11.6 Å². The average molecular weight is 436 g/mol. The third-order valence-corrected chi connectivity index (χ3v) is 6.64. The summed E-state index contributed by atoms with van der Waals surface area (Å²) in [5.41, 5.74) is 3.68. The maximum Gasteiger partial charge on any atom is 0.339 e. The lowest BCUT2D eigenvalue weighted by molar-refractivity contribution is -0.129. The first kappa shape index (κ1) is 20.1. The van der Waals surface area contributed by atoms with Gasteiger partial charge >= 0.3 is 5.97 Å². The summed E-state index contributed by atoms with van der Waals surface area (Å²) in [6.07, 6.45) is 1.18. The van der Waals surface area contributed by atoms with Crippen molar-refractivity contribution >= 4 is 34.7 Å². The number of nitrogens with zero attached hydrogens (tertiary/aromatic N) is 2. The van der Waals surface area contributed by atoms with Gasteiger partial charge in [0.25, 0.3) is 5.91 Å². The number of carbonyl (C=O) groups is 2. The molecular formula is C25H24ClN2O3. The summed E-state index contributed by atoms with van der Waals surface area (Å²) in [6, 6.07) is 13.1. The second-order valence-electron chi connectivity index (χ2n) is 9.47. The van der Waals surface area contributed by atoms with E-state index in [2.05, 4.69) is 20.8 Å². The molecule has 1 amide bonds. The van der Waals surface area contributed by atoms with Crippen LogP contribution in [0.4, 0.5) is 5.69 Å². The van der Waals surface area contributed by atoms with Crippen molar-refractivity contribution in [1.82, 2.24) is 10.2 Å². The van der Waals surface area contributed by atoms with E-state index in [0.717, 1.165) is 22.5 Å². The Morgan fingerprint density at radius 3 is 2.52 bits per heavy atom. The van der Waals surface area contributed by atoms with E-state index in [-0.39, 0.29) is 17.3 Å². The van der Waals surface area contributed by atoms with Crippen LogP contribution in [0.2, 0.25) is 5.02 Å². The van der Waals surface area contributed by atoms with Crippen LogP contribution in [0.15, 0.2) is 48.2 Å². The van der Waals surface area contributed by atoms with Gasteiger partial charge in [0.1, 0.15) is 5.60 Å². The van der Waals surface area contributed by atoms with Crippen LogP contribution < -0.4 is 5.32 Å². The third-order valence-electron chi connectivity index (χ3n) is 6.41. The van der Waals surface area contributed by atoms with Gasteiger partial charge in [-0.1, -0.05) is 56.6 Å². The van der Waals surface area contributed by atoms with Gasteiger partial charge in [-0.15, -0.1) is 0 Å². The fourth-order valence-electron chi connectivity index (χ4n) is 4.82. The molecule has 0 atom stereocenters. The predicted octanol–water partition coefficient (Wildman–Crippen LogP) is 5.04. The number of amides is 1. The molecule has 0 aliphatic carbocycles. The molecule has 1 spiro atoms. The minimum atomic E-state index is -0.628. The molecule has 3 aliphatic heterocycles. The number of ether oxygens (including phenoxy) is 1. The Hall–Kier alpha value is -2.79. The molecule has 0 unspecified atom stereocenters. The van der Waals surface area contributed by atoms with Crippen molar-refractivity contribution in [1.29, 1.82) is 0 Å². The van der Waals surface area contributed by atoms with Gasteiger partial charge in [-0.05, 0) is 18.2 Å². The Morgan fingerprint density at radius 2 is 1.81 bits per heavy atom. The van der Waals surface area contributed by atoms with Crippen molar-refractivity contribution in [3.8, 4) is 0 Å². The minimum Gasteiger partial charge on any atom is -0.450 e. The molecular weight excluding hydrogens is 412 g/mol. The first-order chi connectivity index (χ1) is 14.7. The Balaban J connectivity index is 1.44. The lowest BCUT2D eigenvalue weighted by Crippen LogP contribution is -2.45. The maximum atomic E-state index is 13.7. The van der Waals surface area contributed by atoms with Gasteiger partial charge in [0.2, 0.25) is 0 Å². The number of esters is 1. The molecule has 2 aromatic rings. The highest BCUT2D eigenvalue weighted by Gasteiger charge is 2.48. The summed E-state index contributed by atoms with van der Waals surface area (Å²) in [6.45, 7) is 7.22. The fraction of sp³-hybridized carbons (Fsp3) is 0.360. The largest absolute Gasteiger partial charge is 0.450 e. The highest BCUT2D eigenvalue weighted by Crippen LogP contribution is 2.47. The zero-order valence-corrected chi connectivity index (χ0v) is 18.6. The smallest absolute Gasteiger partial charge is 0.339 e. The van der Waals surface area contributed by atoms with Crippen LogP contribution in [0.1, 0.15) is 55.1 Å². The van der Waals surface area contributed by atoms with Gasteiger partial charge in [-0.3, -0.25) is 10.1 Å². The second-order valence-corrected chi connectivity index (χ2v) is 9.90. The van der Waals surface area contributed by atoms with Gasteiger partial charge in [0.05, 0.1) is 22.5 Å². The number of rotatable bonds is 1. The number of fused-ring (bicyclic) bond motifs is 3. The lowest BCUT2D eigenvalue weighted by atomic mass is 9.83. The summed E-state index contributed by atoms with van der Waals surface area (Å²) in [5.74, 6) is -0.296. The van der Waals surface area contributed by atoms with Crippen LogP contribution in [-0.4, -0.2) is 29.9 Å². The van der Waals surface area contributed by atoms with E-state index in [9.17, 15) is 9.59 Å². The summed E-state index contributed by atoms with van der Waals surface area (Å²) < 4.78 is 5.84. The summed E-state index contributed by atoms with van der Waals surface area (Å²) in [4.78, 5) is 27.9. The van der Waals surface area contributed by atoms with Crippen LogP contribution in [0.25, 0.3) is 5.57 Å². The number of hydrogen-bond donors (Lipinski definition) is 0. The van der Waals surface area contributed by atoms with Crippen molar-refractivity contribution in [2.45, 2.75) is 39.2 Å². The fourth-order valence-corrected chi connectivity index (χ4v) is 4.98. The van der Waals surface area contributed by atoms with Gasteiger partial charge in [-0.25, -0.2) is 4.79 Å². The molecule has 31 heavy (non-hydrogen) atoms. The molecule has 5 nitrogen and oxygen atoms in total. The lowest BCUT2D eigenvalue weighted by Gasteiger charge is -2.39. The monoisotopic (exact) mass is 435 g/mol. The molecule has 1 radical (unpaired) electrons. The molecule has 0 bridgehead atoms. The minimum absolute atomic E-state index is 0.0257. The number of halogens is 1. The number of piperidine rings is 1. The molecule has 159 valence electrons. The molecule has 3 heterocycles. The van der Waals surface area contributed by atoms with Crippen LogP contribution in [-0.2, 0) is 15.1 Å². The zero-order chi connectivity index (χ0) is 22.0. The van der Waals surface area contributed by atoms with Crippen LogP contribution in [0, 0.1) is 5.41 Å². The van der Waals surface area contributed by atoms with Gasteiger partial charge in [0.15, 0.2) is 0 Å². The molecule has 5 rings (SSSR count). The molecule has 1 saturated heterocycles. The number of benzene rings is 2. The normalized spacial score (nSPS) is 19.2. The van der Waals surface area contributed by atoms with Crippen molar-refractivity contribution in [3.05, 3.63) is 69.9 Å². The molecule has 2 aromatic carbocycles. The molecule has 1 fully saturated rings. The Labute approximate surface area is 187 Å². The van der Waals surface area contributed by atoms with Crippen LogP contribution in [0.5, 0.6) is 0 Å². The van der Waals surface area contributed by atoms with Crippen LogP contribution in [0.3, 0.4) is 0 Å². The zero-order valence-electron chi connectivity index (χ0n) is 17.9. The standard InChI is InChI=1S/C25H24ClN2O3/c1-24(2,3)21-20(17-9-8-15(26)14-19(17)27-21)22(29)28-12-10-25(11-13-28)18-7-5-4-6-16(18)23(30)31-25/h4-9,14H,10-13H2,1-3H3. The molecule has 0 saturated carbocycles. The number of carbonyl (C=O) groups excluding carboxylic acids is 2. The van der Waals surface area contributed by atoms with Gasteiger partial charge in [0, 0.05) is 47.5 Å². The van der Waals surface area contributed by atoms with E-state index in [0.29, 0.717) is 42.1 Å². The SMILES string of the molecule is CC(C)(C)C1=C(C(=O)N2CCC3(CC2)OC(=O)c2ccccc23)c2ccc(Cl)cc2[N]1. The summed E-state index contributed by atoms with van der Waals surface area (Å²) >= 11 is 6.17. The molecule has 3 aliphatic rings. The second kappa shape index (κ2) is 6.86. The number of likely N-dealkylation sites (tertiary alicyclic amines) is 1. The first-order valence-corrected chi connectivity index (χ1v) is 11.0. The Kier molecular flexibility index (Phi) is 4.45. The van der Waals surface area contributed by atoms with E-state index in [1.165, 1.54) is 0 Å². The maximum absolute atomic E-state index is 13.7. The first-order valence-electron chi connectivity index (χ1n) is 10.6. The summed E-state index contributed by atoms with van der Waals surface area (Å²) in [7, 11) is 0. The van der Waals surface area contributed by atoms with E-state index < -0.39 is 5.60 Å². The van der Waals surface area contributed by atoms with Crippen molar-refractivity contribution in [2.75, 3.05) is 13.1 Å². The quantitative estimate of drug-likeness (QED) is 0.590. The highest BCUT2D eigenvalue weighted by atomic mass is 35.5. The molecule has 6 heteroatoms. The average Bonchev–Trinajstić information content (AvgIpc) is 3.24. The summed E-state index contributed by atoms with van der Waals surface area (Å²) in [5, 5.41) is 5.37. The topological polar surface area (TPSA) is 60.7 Å². The number of hydrogen-bond acceptors (Lipinski definition) is 3. The van der Waals surface area contributed by atoms with Gasteiger partial charge < -0.3 is 9.64 Å². The Bertz CT molecular complexity index is 1140. The van der Waals surface area contributed by atoms with E-state index in [4.69, 9.17) is 21.7 Å². The van der Waals surface area contributed by atoms with Crippen molar-refractivity contribution in [3.63, 3.8) is 0 Å². The highest BCUT2D eigenvalue weighted by molar-refractivity contribution is 6.31. The third kappa shape index (κ3) is 3.14.